The zero-order chi connectivity index (χ0) is 14.8. The molecule has 0 saturated heterocycles. The lowest BCUT2D eigenvalue weighted by atomic mass is 10.2. The molecule has 0 atom stereocenters. The van der Waals surface area contributed by atoms with Crippen molar-refractivity contribution in [3.05, 3.63) is 42.0 Å². The Kier molecular flexibility index (Phi) is 3.84. The van der Waals surface area contributed by atoms with Gasteiger partial charge in [-0.1, -0.05) is 6.07 Å². The van der Waals surface area contributed by atoms with Crippen LogP contribution in [0.4, 0.5) is 16.0 Å². The minimum Gasteiger partial charge on any atom is -0.357 e. The third kappa shape index (κ3) is 3.02. The molecular weight excluding hydrogens is 283 g/mol. The molecule has 0 saturated carbocycles. The van der Waals surface area contributed by atoms with Gasteiger partial charge in [-0.3, -0.25) is 4.72 Å². The molecule has 2 aromatic rings. The standard InChI is InChI=1S/C12H13FN4O2S/c1-8-3-4-9(13)5-11(8)17-20(18,19)10-6-15-12(14-2)16-7-10/h3-7,17H,1-2H3,(H,14,15,16). The highest BCUT2D eigenvalue weighted by Crippen LogP contribution is 2.20. The monoisotopic (exact) mass is 296 g/mol. The third-order valence-corrected chi connectivity index (χ3v) is 3.93. The second kappa shape index (κ2) is 5.41. The first kappa shape index (κ1) is 14.2. The molecule has 2 rings (SSSR count). The van der Waals surface area contributed by atoms with Crippen LogP contribution in [0, 0.1) is 12.7 Å². The number of nitrogens with one attached hydrogen (secondary N) is 2. The number of nitrogens with zero attached hydrogens (tertiary/aromatic N) is 2. The summed E-state index contributed by atoms with van der Waals surface area (Å²) in [5.41, 5.74) is 0.797. The number of hydrogen-bond acceptors (Lipinski definition) is 5. The predicted molar refractivity (Wildman–Crippen MR) is 73.5 cm³/mol. The second-order valence-electron chi connectivity index (χ2n) is 4.06. The Balaban J connectivity index is 2.32. The fourth-order valence-electron chi connectivity index (χ4n) is 1.49. The molecule has 0 radical (unpaired) electrons. The summed E-state index contributed by atoms with van der Waals surface area (Å²) in [6.45, 7) is 1.68. The Morgan fingerprint density at radius 1 is 1.20 bits per heavy atom. The number of benzene rings is 1. The van der Waals surface area contributed by atoms with Gasteiger partial charge in [0.25, 0.3) is 10.0 Å². The molecule has 6 nitrogen and oxygen atoms in total. The van der Waals surface area contributed by atoms with Crippen molar-refractivity contribution in [1.82, 2.24) is 9.97 Å². The van der Waals surface area contributed by atoms with Gasteiger partial charge in [0.2, 0.25) is 5.95 Å². The molecule has 0 bridgehead atoms. The Morgan fingerprint density at radius 2 is 1.85 bits per heavy atom. The van der Waals surface area contributed by atoms with Gasteiger partial charge in [-0.25, -0.2) is 22.8 Å². The zero-order valence-electron chi connectivity index (χ0n) is 10.9. The number of aromatic nitrogens is 2. The Labute approximate surface area is 116 Å². The summed E-state index contributed by atoms with van der Waals surface area (Å²) in [5.74, 6) is -0.207. The molecule has 106 valence electrons. The van der Waals surface area contributed by atoms with Crippen LogP contribution in [0.2, 0.25) is 0 Å². The maximum Gasteiger partial charge on any atom is 0.264 e. The van der Waals surface area contributed by atoms with Gasteiger partial charge in [0.1, 0.15) is 10.7 Å². The molecule has 20 heavy (non-hydrogen) atoms. The Bertz CT molecular complexity index is 717. The first-order chi connectivity index (χ1) is 9.42. The van der Waals surface area contributed by atoms with Crippen LogP contribution in [-0.2, 0) is 10.0 Å². The van der Waals surface area contributed by atoms with E-state index in [1.54, 1.807) is 14.0 Å². The highest BCUT2D eigenvalue weighted by Gasteiger charge is 2.16. The van der Waals surface area contributed by atoms with E-state index in [0.717, 1.165) is 6.07 Å². The van der Waals surface area contributed by atoms with Crippen LogP contribution in [0.15, 0.2) is 35.5 Å². The molecule has 0 aliphatic carbocycles. The van der Waals surface area contributed by atoms with Crippen molar-refractivity contribution in [2.24, 2.45) is 0 Å². The molecule has 1 aromatic carbocycles. The van der Waals surface area contributed by atoms with Crippen molar-refractivity contribution in [2.75, 3.05) is 17.1 Å². The van der Waals surface area contributed by atoms with E-state index in [9.17, 15) is 12.8 Å². The van der Waals surface area contributed by atoms with Gasteiger partial charge in [0.05, 0.1) is 18.1 Å². The number of aryl methyl sites for hydroxylation is 1. The van der Waals surface area contributed by atoms with E-state index >= 15 is 0 Å². The van der Waals surface area contributed by atoms with Crippen molar-refractivity contribution in [2.45, 2.75) is 11.8 Å². The Hall–Kier alpha value is -2.22. The first-order valence-electron chi connectivity index (χ1n) is 5.71. The fraction of sp³-hybridized carbons (Fsp3) is 0.167. The van der Waals surface area contributed by atoms with Gasteiger partial charge in [-0.05, 0) is 24.6 Å². The normalized spacial score (nSPS) is 11.2. The van der Waals surface area contributed by atoms with Crippen LogP contribution in [-0.4, -0.2) is 25.4 Å². The minimum atomic E-state index is -3.85. The molecule has 8 heteroatoms. The van der Waals surface area contributed by atoms with Gasteiger partial charge in [-0.2, -0.15) is 0 Å². The lowest BCUT2D eigenvalue weighted by Crippen LogP contribution is -2.15. The van der Waals surface area contributed by atoms with E-state index in [4.69, 9.17) is 0 Å². The van der Waals surface area contributed by atoms with Crippen molar-refractivity contribution in [3.8, 4) is 0 Å². The molecule has 1 heterocycles. The third-order valence-electron chi connectivity index (χ3n) is 2.61. The largest absolute Gasteiger partial charge is 0.357 e. The number of anilines is 2. The van der Waals surface area contributed by atoms with Gasteiger partial charge < -0.3 is 5.32 Å². The Morgan fingerprint density at radius 3 is 2.45 bits per heavy atom. The quantitative estimate of drug-likeness (QED) is 0.898. The van der Waals surface area contributed by atoms with Crippen LogP contribution in [0.25, 0.3) is 0 Å². The van der Waals surface area contributed by atoms with E-state index < -0.39 is 15.8 Å². The maximum absolute atomic E-state index is 13.2. The topological polar surface area (TPSA) is 84.0 Å². The molecule has 0 amide bonds. The summed E-state index contributed by atoms with van der Waals surface area (Å²) >= 11 is 0. The number of hydrogen-bond donors (Lipinski definition) is 2. The van der Waals surface area contributed by atoms with Gasteiger partial charge in [0, 0.05) is 7.05 Å². The summed E-state index contributed by atoms with van der Waals surface area (Å²) in [4.78, 5) is 7.56. The van der Waals surface area contributed by atoms with Gasteiger partial charge >= 0.3 is 0 Å². The van der Waals surface area contributed by atoms with Crippen LogP contribution >= 0.6 is 0 Å². The summed E-state index contributed by atoms with van der Waals surface area (Å²) in [5, 5.41) is 2.68. The van der Waals surface area contributed by atoms with Crippen LogP contribution in [0.3, 0.4) is 0 Å². The van der Waals surface area contributed by atoms with Crippen LogP contribution in [0.5, 0.6) is 0 Å². The second-order valence-corrected chi connectivity index (χ2v) is 5.74. The lowest BCUT2D eigenvalue weighted by Gasteiger charge is -2.10. The minimum absolute atomic E-state index is 0.0971. The maximum atomic E-state index is 13.2. The molecule has 0 spiro atoms. The van der Waals surface area contributed by atoms with E-state index in [1.807, 2.05) is 0 Å². The fourth-order valence-corrected chi connectivity index (χ4v) is 2.50. The average molecular weight is 296 g/mol. The van der Waals surface area contributed by atoms with Crippen LogP contribution < -0.4 is 10.0 Å². The summed E-state index contributed by atoms with van der Waals surface area (Å²) < 4.78 is 39.7. The summed E-state index contributed by atoms with van der Waals surface area (Å²) in [6, 6.07) is 3.88. The SMILES string of the molecule is CNc1ncc(S(=O)(=O)Nc2cc(F)ccc2C)cn1. The van der Waals surface area contributed by atoms with E-state index in [1.165, 1.54) is 24.5 Å². The molecule has 0 unspecified atom stereocenters. The number of halogens is 1. The molecule has 1 aromatic heterocycles. The van der Waals surface area contributed by atoms with Crippen molar-refractivity contribution in [1.29, 1.82) is 0 Å². The highest BCUT2D eigenvalue weighted by molar-refractivity contribution is 7.92. The molecule has 2 N–H and O–H groups in total. The van der Waals surface area contributed by atoms with E-state index in [2.05, 4.69) is 20.0 Å². The average Bonchev–Trinajstić information content (AvgIpc) is 2.43. The summed E-state index contributed by atoms with van der Waals surface area (Å²) in [7, 11) is -2.22. The van der Waals surface area contributed by atoms with Crippen LogP contribution in [0.1, 0.15) is 5.56 Å². The highest BCUT2D eigenvalue weighted by atomic mass is 32.2. The van der Waals surface area contributed by atoms with E-state index in [-0.39, 0.29) is 10.6 Å². The predicted octanol–water partition coefficient (Wildman–Crippen LogP) is 1.77. The van der Waals surface area contributed by atoms with Gasteiger partial charge in [0.15, 0.2) is 0 Å². The zero-order valence-corrected chi connectivity index (χ0v) is 11.7. The smallest absolute Gasteiger partial charge is 0.264 e. The van der Waals surface area contributed by atoms with Crippen molar-refractivity contribution in [3.63, 3.8) is 0 Å². The van der Waals surface area contributed by atoms with Crippen molar-refractivity contribution >= 4 is 21.7 Å². The van der Waals surface area contributed by atoms with E-state index in [0.29, 0.717) is 11.5 Å². The molecular formula is C12H13FN4O2S. The lowest BCUT2D eigenvalue weighted by molar-refractivity contribution is 0.600. The van der Waals surface area contributed by atoms with Gasteiger partial charge in [-0.15, -0.1) is 0 Å². The number of rotatable bonds is 4. The molecule has 0 aliphatic heterocycles. The number of sulfonamides is 1. The molecule has 0 fully saturated rings. The first-order valence-corrected chi connectivity index (χ1v) is 7.19. The molecule has 0 aliphatic rings. The summed E-state index contributed by atoms with van der Waals surface area (Å²) in [6.07, 6.45) is 2.35. The van der Waals surface area contributed by atoms with Crippen molar-refractivity contribution < 1.29 is 12.8 Å².